The Morgan fingerprint density at radius 1 is 1.05 bits per heavy atom. The summed E-state index contributed by atoms with van der Waals surface area (Å²) in [6.07, 6.45) is 0.359. The third-order valence-electron chi connectivity index (χ3n) is 3.03. The molecule has 1 atom stereocenters. The van der Waals surface area contributed by atoms with Crippen LogP contribution in [0.25, 0.3) is 0 Å². The van der Waals surface area contributed by atoms with Gasteiger partial charge in [-0.05, 0) is 46.6 Å². The van der Waals surface area contributed by atoms with E-state index in [0.717, 1.165) is 5.56 Å². The van der Waals surface area contributed by atoms with Crippen LogP contribution in [-0.2, 0) is 20.7 Å². The molecule has 0 saturated carbocycles. The molecule has 1 aromatic carbocycles. The minimum atomic E-state index is -1.13. The predicted octanol–water partition coefficient (Wildman–Crippen LogP) is 3.17. The summed E-state index contributed by atoms with van der Waals surface area (Å²) in [5.74, 6) is -0.637. The van der Waals surface area contributed by atoms with E-state index in [1.165, 1.54) is 6.92 Å². The molecule has 104 valence electrons. The summed E-state index contributed by atoms with van der Waals surface area (Å²) < 4.78 is 5.38. The van der Waals surface area contributed by atoms with Crippen molar-refractivity contribution in [3.05, 3.63) is 35.9 Å². The summed E-state index contributed by atoms with van der Waals surface area (Å²) in [7, 11) is 0. The molecule has 0 amide bonds. The van der Waals surface area contributed by atoms with Gasteiger partial charge in [-0.15, -0.1) is 0 Å². The number of benzene rings is 1. The Bertz CT molecular complexity index is 457. The van der Waals surface area contributed by atoms with Gasteiger partial charge in [-0.25, -0.2) is 0 Å². The van der Waals surface area contributed by atoms with Crippen molar-refractivity contribution in [3.8, 4) is 0 Å². The highest BCUT2D eigenvalue weighted by Crippen LogP contribution is 2.28. The molecule has 0 aromatic heterocycles. The van der Waals surface area contributed by atoms with Crippen molar-refractivity contribution in [1.82, 2.24) is 0 Å². The Labute approximate surface area is 115 Å². The standard InChI is InChI=1S/C16H22O3/c1-12(17)16(5,14(18)19-15(2,3)4)11-13-9-7-6-8-10-13/h6-10H,11H2,1-5H3. The van der Waals surface area contributed by atoms with E-state index in [9.17, 15) is 9.59 Å². The number of Topliss-reactive ketones (excluding diaryl/α,β-unsaturated/α-hetero) is 1. The zero-order valence-electron chi connectivity index (χ0n) is 12.3. The van der Waals surface area contributed by atoms with Crippen LogP contribution in [0.1, 0.15) is 40.2 Å². The van der Waals surface area contributed by atoms with Crippen LogP contribution in [0.2, 0.25) is 0 Å². The van der Waals surface area contributed by atoms with Gasteiger partial charge >= 0.3 is 5.97 Å². The summed E-state index contributed by atoms with van der Waals surface area (Å²) >= 11 is 0. The molecular formula is C16H22O3. The van der Waals surface area contributed by atoms with E-state index in [0.29, 0.717) is 6.42 Å². The Hall–Kier alpha value is -1.64. The van der Waals surface area contributed by atoms with Crippen LogP contribution in [-0.4, -0.2) is 17.4 Å². The lowest BCUT2D eigenvalue weighted by Crippen LogP contribution is -2.42. The summed E-state index contributed by atoms with van der Waals surface area (Å²) in [5.41, 5.74) is -0.773. The smallest absolute Gasteiger partial charge is 0.320 e. The third kappa shape index (κ3) is 4.19. The van der Waals surface area contributed by atoms with Crippen LogP contribution in [0.5, 0.6) is 0 Å². The lowest BCUT2D eigenvalue weighted by Gasteiger charge is -2.29. The van der Waals surface area contributed by atoms with Crippen LogP contribution in [0.3, 0.4) is 0 Å². The first-order valence-electron chi connectivity index (χ1n) is 6.43. The second-order valence-electron chi connectivity index (χ2n) is 6.05. The van der Waals surface area contributed by atoms with Crippen LogP contribution < -0.4 is 0 Å². The van der Waals surface area contributed by atoms with Gasteiger partial charge in [0.2, 0.25) is 0 Å². The number of hydrogen-bond donors (Lipinski definition) is 0. The Balaban J connectivity index is 2.98. The number of ketones is 1. The predicted molar refractivity (Wildman–Crippen MR) is 74.8 cm³/mol. The number of esters is 1. The van der Waals surface area contributed by atoms with E-state index in [2.05, 4.69) is 0 Å². The topological polar surface area (TPSA) is 43.4 Å². The minimum absolute atomic E-state index is 0.175. The van der Waals surface area contributed by atoms with Gasteiger partial charge < -0.3 is 4.74 Å². The Morgan fingerprint density at radius 3 is 2.00 bits per heavy atom. The molecule has 0 spiro atoms. The highest BCUT2D eigenvalue weighted by Gasteiger charge is 2.41. The molecule has 1 aromatic rings. The summed E-state index contributed by atoms with van der Waals surface area (Å²) in [5, 5.41) is 0. The SMILES string of the molecule is CC(=O)C(C)(Cc1ccccc1)C(=O)OC(C)(C)C. The molecule has 0 radical (unpaired) electrons. The molecule has 0 N–H and O–H groups in total. The maximum absolute atomic E-state index is 12.3. The van der Waals surface area contributed by atoms with E-state index >= 15 is 0 Å². The van der Waals surface area contributed by atoms with Crippen LogP contribution in [0.15, 0.2) is 30.3 Å². The van der Waals surface area contributed by atoms with E-state index in [-0.39, 0.29) is 5.78 Å². The molecule has 19 heavy (non-hydrogen) atoms. The van der Waals surface area contributed by atoms with E-state index in [1.807, 2.05) is 30.3 Å². The summed E-state index contributed by atoms with van der Waals surface area (Å²) in [6, 6.07) is 9.51. The lowest BCUT2D eigenvalue weighted by atomic mass is 9.80. The minimum Gasteiger partial charge on any atom is -0.459 e. The maximum atomic E-state index is 12.3. The first-order chi connectivity index (χ1) is 8.65. The van der Waals surface area contributed by atoms with Crippen molar-refractivity contribution in [1.29, 1.82) is 0 Å². The number of rotatable bonds is 4. The number of ether oxygens (including phenoxy) is 1. The fraction of sp³-hybridized carbons (Fsp3) is 0.500. The van der Waals surface area contributed by atoms with E-state index < -0.39 is 17.0 Å². The van der Waals surface area contributed by atoms with E-state index in [1.54, 1.807) is 27.7 Å². The zero-order chi connectivity index (χ0) is 14.7. The van der Waals surface area contributed by atoms with Gasteiger partial charge in [0.05, 0.1) is 0 Å². The summed E-state index contributed by atoms with van der Waals surface area (Å²) in [4.78, 5) is 24.2. The summed E-state index contributed by atoms with van der Waals surface area (Å²) in [6.45, 7) is 8.49. The average molecular weight is 262 g/mol. The van der Waals surface area contributed by atoms with Gasteiger partial charge in [0.15, 0.2) is 0 Å². The number of carbonyl (C=O) groups excluding carboxylic acids is 2. The first kappa shape index (κ1) is 15.4. The largest absolute Gasteiger partial charge is 0.459 e. The van der Waals surface area contributed by atoms with Crippen molar-refractivity contribution in [2.75, 3.05) is 0 Å². The fourth-order valence-corrected chi connectivity index (χ4v) is 1.74. The first-order valence-corrected chi connectivity index (χ1v) is 6.43. The molecule has 0 fully saturated rings. The average Bonchev–Trinajstić information content (AvgIpc) is 2.27. The van der Waals surface area contributed by atoms with Gasteiger partial charge in [-0.1, -0.05) is 30.3 Å². The molecule has 0 aliphatic heterocycles. The molecule has 0 aliphatic carbocycles. The van der Waals surface area contributed by atoms with Crippen LogP contribution in [0.4, 0.5) is 0 Å². The van der Waals surface area contributed by atoms with Crippen molar-refractivity contribution < 1.29 is 14.3 Å². The maximum Gasteiger partial charge on any atom is 0.320 e. The molecule has 0 aliphatic rings. The molecule has 0 saturated heterocycles. The highest BCUT2D eigenvalue weighted by atomic mass is 16.6. The quantitative estimate of drug-likeness (QED) is 0.618. The molecule has 1 unspecified atom stereocenters. The highest BCUT2D eigenvalue weighted by molar-refractivity contribution is 6.02. The van der Waals surface area contributed by atoms with Crippen molar-refractivity contribution in [2.24, 2.45) is 5.41 Å². The van der Waals surface area contributed by atoms with Gasteiger partial charge in [0, 0.05) is 0 Å². The second-order valence-corrected chi connectivity index (χ2v) is 6.05. The van der Waals surface area contributed by atoms with Gasteiger partial charge in [-0.2, -0.15) is 0 Å². The van der Waals surface area contributed by atoms with Crippen molar-refractivity contribution in [3.63, 3.8) is 0 Å². The van der Waals surface area contributed by atoms with Crippen LogP contribution >= 0.6 is 0 Å². The van der Waals surface area contributed by atoms with Gasteiger partial charge in [0.1, 0.15) is 16.8 Å². The van der Waals surface area contributed by atoms with Crippen molar-refractivity contribution in [2.45, 2.75) is 46.6 Å². The Morgan fingerprint density at radius 2 is 1.58 bits per heavy atom. The monoisotopic (exact) mass is 262 g/mol. The molecule has 3 nitrogen and oxygen atoms in total. The molecular weight excluding hydrogens is 240 g/mol. The zero-order valence-corrected chi connectivity index (χ0v) is 12.3. The molecule has 0 heterocycles. The van der Waals surface area contributed by atoms with E-state index in [4.69, 9.17) is 4.74 Å². The van der Waals surface area contributed by atoms with Crippen molar-refractivity contribution >= 4 is 11.8 Å². The molecule has 1 rings (SSSR count). The lowest BCUT2D eigenvalue weighted by molar-refractivity contribution is -0.168. The normalized spacial score (nSPS) is 14.6. The fourth-order valence-electron chi connectivity index (χ4n) is 1.74. The second kappa shape index (κ2) is 5.55. The number of carbonyl (C=O) groups is 2. The van der Waals surface area contributed by atoms with Gasteiger partial charge in [0.25, 0.3) is 0 Å². The molecule has 3 heteroatoms. The number of hydrogen-bond acceptors (Lipinski definition) is 3. The molecule has 0 bridgehead atoms. The third-order valence-corrected chi connectivity index (χ3v) is 3.03. The Kier molecular flexibility index (Phi) is 4.51. The van der Waals surface area contributed by atoms with Crippen LogP contribution in [0, 0.1) is 5.41 Å². The van der Waals surface area contributed by atoms with Gasteiger partial charge in [-0.3, -0.25) is 9.59 Å².